The first-order valence-corrected chi connectivity index (χ1v) is 9.05. The molecule has 0 aliphatic carbocycles. The first kappa shape index (κ1) is 33.9. The van der Waals surface area contributed by atoms with Crippen molar-refractivity contribution in [3.63, 3.8) is 0 Å². The first-order chi connectivity index (χ1) is 16.9. The monoisotopic (exact) mass is 616 g/mol. The van der Waals surface area contributed by atoms with Crippen LogP contribution in [0.5, 0.6) is 17.2 Å². The molecule has 3 N–H and O–H groups in total. The summed E-state index contributed by atoms with van der Waals surface area (Å²) in [6.07, 6.45) is -12.0. The largest absolute Gasteiger partial charge is 0.504 e. The number of carbonyl (C=O) groups is 1. The lowest BCUT2D eigenvalue weighted by molar-refractivity contribution is -0.463. The van der Waals surface area contributed by atoms with Crippen LogP contribution in [0.2, 0.25) is 0 Å². The van der Waals surface area contributed by atoms with Crippen LogP contribution in [0, 0.1) is 0 Å². The van der Waals surface area contributed by atoms with Crippen LogP contribution in [-0.2, 0) is 4.74 Å². The lowest BCUT2D eigenvalue weighted by Crippen LogP contribution is -2.75. The Morgan fingerprint density at radius 3 is 1.26 bits per heavy atom. The number of aromatic hydroxyl groups is 3. The summed E-state index contributed by atoms with van der Waals surface area (Å²) in [6, 6.07) is 0.124. The number of halogens is 17. The van der Waals surface area contributed by atoms with Gasteiger partial charge in [0.15, 0.2) is 23.4 Å². The van der Waals surface area contributed by atoms with E-state index in [2.05, 4.69) is 4.74 Å². The summed E-state index contributed by atoms with van der Waals surface area (Å²) in [5.41, 5.74) is -1.34. The average Bonchev–Trinajstić information content (AvgIpc) is 2.75. The quantitative estimate of drug-likeness (QED) is 0.171. The minimum Gasteiger partial charge on any atom is -0.504 e. The van der Waals surface area contributed by atoms with Gasteiger partial charge in [0.1, 0.15) is 0 Å². The van der Waals surface area contributed by atoms with Crippen molar-refractivity contribution in [3.8, 4) is 17.2 Å². The third-order valence-corrected chi connectivity index (χ3v) is 4.85. The van der Waals surface area contributed by atoms with Crippen LogP contribution in [0.25, 0.3) is 0 Å². The van der Waals surface area contributed by atoms with Crippen LogP contribution >= 0.6 is 0 Å². The van der Waals surface area contributed by atoms with Crippen molar-refractivity contribution in [2.45, 2.75) is 60.7 Å². The van der Waals surface area contributed by atoms with E-state index in [4.69, 9.17) is 5.11 Å². The number of phenolic OH excluding ortho intramolecular Hbond substituents is 3. The molecule has 22 heteroatoms. The van der Waals surface area contributed by atoms with Crippen LogP contribution in [-0.4, -0.2) is 75.0 Å². The Morgan fingerprint density at radius 2 is 0.923 bits per heavy atom. The van der Waals surface area contributed by atoms with Crippen molar-refractivity contribution in [3.05, 3.63) is 17.7 Å². The van der Waals surface area contributed by atoms with E-state index < -0.39 is 89.4 Å². The Hall–Kier alpha value is -3.10. The maximum Gasteiger partial charge on any atom is 0.460 e. The topological polar surface area (TPSA) is 87.0 Å². The molecule has 0 amide bonds. The van der Waals surface area contributed by atoms with Crippen molar-refractivity contribution < 1.29 is 99.5 Å². The fourth-order valence-corrected chi connectivity index (χ4v) is 2.46. The van der Waals surface area contributed by atoms with E-state index in [0.717, 1.165) is 0 Å². The van der Waals surface area contributed by atoms with Gasteiger partial charge in [0.2, 0.25) is 0 Å². The minimum atomic E-state index is -8.80. The van der Waals surface area contributed by atoms with Gasteiger partial charge in [-0.25, -0.2) is 4.79 Å². The number of esters is 1. The number of rotatable bonds is 9. The van der Waals surface area contributed by atoms with Crippen LogP contribution in [0.4, 0.5) is 74.6 Å². The number of phenols is 3. The van der Waals surface area contributed by atoms with Crippen molar-refractivity contribution in [1.29, 1.82) is 0 Å². The molecule has 5 nitrogen and oxygen atoms in total. The van der Waals surface area contributed by atoms with Gasteiger partial charge in [-0.3, -0.25) is 0 Å². The highest BCUT2D eigenvalue weighted by atomic mass is 19.4. The highest BCUT2D eigenvalue weighted by Crippen LogP contribution is 2.64. The lowest BCUT2D eigenvalue weighted by atomic mass is 9.88. The number of carbonyl (C=O) groups excluding carboxylic acids is 1. The van der Waals surface area contributed by atoms with Gasteiger partial charge in [-0.2, -0.15) is 74.6 Å². The normalized spacial score (nSPS) is 15.7. The zero-order valence-electron chi connectivity index (χ0n) is 17.8. The second-order valence-electron chi connectivity index (χ2n) is 7.48. The lowest BCUT2D eigenvalue weighted by Gasteiger charge is -2.43. The summed E-state index contributed by atoms with van der Waals surface area (Å²) in [7, 11) is 0. The van der Waals surface area contributed by atoms with E-state index in [-0.39, 0.29) is 12.1 Å². The van der Waals surface area contributed by atoms with E-state index >= 15 is 0 Å². The van der Waals surface area contributed by atoms with Crippen LogP contribution in [0.1, 0.15) is 17.3 Å². The third-order valence-electron chi connectivity index (χ3n) is 4.85. The fourth-order valence-electron chi connectivity index (χ4n) is 2.46. The van der Waals surface area contributed by atoms with Gasteiger partial charge in [-0.15, -0.1) is 0 Å². The second-order valence-corrected chi connectivity index (χ2v) is 7.48. The molecule has 1 unspecified atom stereocenters. The van der Waals surface area contributed by atoms with Crippen molar-refractivity contribution in [2.75, 3.05) is 0 Å². The Balaban J connectivity index is 3.54. The van der Waals surface area contributed by atoms with Gasteiger partial charge in [-0.1, -0.05) is 0 Å². The Kier molecular flexibility index (Phi) is 8.03. The van der Waals surface area contributed by atoms with E-state index in [1.165, 1.54) is 0 Å². The number of benzene rings is 1. The van der Waals surface area contributed by atoms with Gasteiger partial charge < -0.3 is 20.1 Å². The molecule has 1 rings (SSSR count). The van der Waals surface area contributed by atoms with Gasteiger partial charge in [0, 0.05) is 0 Å². The van der Waals surface area contributed by atoms with Gasteiger partial charge >= 0.3 is 53.6 Å². The van der Waals surface area contributed by atoms with E-state index in [1.807, 2.05) is 0 Å². The van der Waals surface area contributed by atoms with Crippen molar-refractivity contribution in [2.24, 2.45) is 0 Å². The SMILES string of the molecule is CC(OC(=O)c1cc(O)c(O)c(O)c1)C(F)(F)C(F)(F)C(F)(F)C(F)(F)C(F)(F)C(F)(F)C(F)(F)C(F)(F)F. The molecular weight excluding hydrogens is 607 g/mol. The Bertz CT molecular complexity index is 1070. The molecule has 0 fully saturated rings. The van der Waals surface area contributed by atoms with Gasteiger partial charge in [0.25, 0.3) is 0 Å². The molecule has 39 heavy (non-hydrogen) atoms. The molecular formula is C17H9F17O5. The highest BCUT2D eigenvalue weighted by molar-refractivity contribution is 5.91. The van der Waals surface area contributed by atoms with E-state index in [0.29, 0.717) is 0 Å². The third kappa shape index (κ3) is 4.67. The molecule has 1 aromatic rings. The summed E-state index contributed by atoms with van der Waals surface area (Å²) in [6.45, 7) is -0.509. The van der Waals surface area contributed by atoms with Gasteiger partial charge in [-0.05, 0) is 19.1 Å². The molecule has 1 atom stereocenters. The zero-order chi connectivity index (χ0) is 31.6. The Labute approximate surface area is 202 Å². The summed E-state index contributed by atoms with van der Waals surface area (Å²) < 4.78 is 230. The highest BCUT2D eigenvalue weighted by Gasteiger charge is 2.95. The standard InChI is InChI=1S/C17H9F17O5/c1-4(39-9(38)5-2-6(35)8(37)7(36)3-5)10(18,19)11(20,21)12(22,23)13(24,25)14(26,27)15(28,29)16(30,31)17(32,33)34/h2-4,35-37H,1H3. The molecule has 1 aromatic carbocycles. The summed E-state index contributed by atoms with van der Waals surface area (Å²) in [4.78, 5) is 11.7. The fraction of sp³-hybridized carbons (Fsp3) is 0.588. The number of alkyl halides is 17. The van der Waals surface area contributed by atoms with E-state index in [9.17, 15) is 89.6 Å². The zero-order valence-corrected chi connectivity index (χ0v) is 17.8. The molecule has 0 aromatic heterocycles. The molecule has 0 heterocycles. The molecule has 0 radical (unpaired) electrons. The van der Waals surface area contributed by atoms with Crippen LogP contribution in [0.15, 0.2) is 12.1 Å². The predicted molar refractivity (Wildman–Crippen MR) is 87.0 cm³/mol. The molecule has 0 spiro atoms. The van der Waals surface area contributed by atoms with Crippen LogP contribution in [0.3, 0.4) is 0 Å². The van der Waals surface area contributed by atoms with Crippen molar-refractivity contribution in [1.82, 2.24) is 0 Å². The number of hydrogen-bond acceptors (Lipinski definition) is 5. The van der Waals surface area contributed by atoms with Crippen LogP contribution < -0.4 is 0 Å². The summed E-state index contributed by atoms with van der Waals surface area (Å²) in [5.74, 6) is -64.8. The Morgan fingerprint density at radius 1 is 0.615 bits per heavy atom. The van der Waals surface area contributed by atoms with Crippen molar-refractivity contribution >= 4 is 5.97 Å². The molecule has 0 saturated heterocycles. The second kappa shape index (κ2) is 9.24. The van der Waals surface area contributed by atoms with Gasteiger partial charge in [0.05, 0.1) is 5.56 Å². The molecule has 0 aliphatic heterocycles. The first-order valence-electron chi connectivity index (χ1n) is 9.05. The predicted octanol–water partition coefficient (Wildman–Crippen LogP) is 6.36. The smallest absolute Gasteiger partial charge is 0.460 e. The maximum atomic E-state index is 14.1. The number of hydrogen-bond donors (Lipinski definition) is 3. The molecule has 0 aliphatic rings. The average molecular weight is 616 g/mol. The number of ether oxygens (including phenoxy) is 1. The molecule has 0 bridgehead atoms. The summed E-state index contributed by atoms with van der Waals surface area (Å²) >= 11 is 0. The summed E-state index contributed by atoms with van der Waals surface area (Å²) in [5, 5.41) is 27.4. The van der Waals surface area contributed by atoms with E-state index in [1.54, 1.807) is 0 Å². The molecule has 226 valence electrons. The molecule has 0 saturated carbocycles. The maximum absolute atomic E-state index is 14.1. The minimum absolute atomic E-state index is 0.0621.